The van der Waals surface area contributed by atoms with E-state index in [1.54, 1.807) is 10.6 Å². The summed E-state index contributed by atoms with van der Waals surface area (Å²) in [6, 6.07) is 1.79. The molecule has 0 saturated heterocycles. The Morgan fingerprint density at radius 2 is 2.33 bits per heavy atom. The fourth-order valence-electron chi connectivity index (χ4n) is 2.31. The van der Waals surface area contributed by atoms with E-state index in [0.29, 0.717) is 21.9 Å². The molecule has 0 atom stereocenters. The number of carboxylic acid groups (broad SMARTS) is 1. The first-order valence-electron chi connectivity index (χ1n) is 6.98. The summed E-state index contributed by atoms with van der Waals surface area (Å²) in [4.78, 5) is 28.4. The topological polar surface area (TPSA) is 72.2 Å². The molecule has 1 fully saturated rings. The van der Waals surface area contributed by atoms with Crippen molar-refractivity contribution in [2.45, 2.75) is 37.4 Å². The van der Waals surface area contributed by atoms with Gasteiger partial charge < -0.3 is 5.11 Å². The van der Waals surface area contributed by atoms with Gasteiger partial charge in [0.05, 0.1) is 11.1 Å². The minimum absolute atomic E-state index is 0.0510. The molecule has 2 heterocycles. The Hall–Kier alpha value is -1.34. The van der Waals surface area contributed by atoms with Crippen molar-refractivity contribution in [3.63, 3.8) is 0 Å². The Balaban J connectivity index is 1.87. The summed E-state index contributed by atoms with van der Waals surface area (Å²) in [7, 11) is 0. The molecule has 5 nitrogen and oxygen atoms in total. The number of aromatic nitrogens is 2. The van der Waals surface area contributed by atoms with E-state index in [1.807, 2.05) is 5.38 Å². The van der Waals surface area contributed by atoms with Crippen LogP contribution >= 0.6 is 23.1 Å². The highest BCUT2D eigenvalue weighted by Gasteiger charge is 2.21. The van der Waals surface area contributed by atoms with Crippen molar-refractivity contribution in [3.05, 3.63) is 21.8 Å². The van der Waals surface area contributed by atoms with Gasteiger partial charge in [-0.2, -0.15) is 0 Å². The monoisotopic (exact) mass is 324 g/mol. The average Bonchev–Trinajstić information content (AvgIpc) is 3.15. The lowest BCUT2D eigenvalue weighted by molar-refractivity contribution is -0.133. The normalized spacial score (nSPS) is 14.7. The molecule has 0 bridgehead atoms. The van der Waals surface area contributed by atoms with Crippen LogP contribution in [0.15, 0.2) is 21.4 Å². The minimum Gasteiger partial charge on any atom is -0.481 e. The third-order valence-electron chi connectivity index (χ3n) is 3.56. The number of fused-ring (bicyclic) bond motifs is 1. The third kappa shape index (κ3) is 3.47. The molecule has 1 saturated carbocycles. The van der Waals surface area contributed by atoms with Gasteiger partial charge in [0.25, 0.3) is 5.56 Å². The van der Waals surface area contributed by atoms with Crippen molar-refractivity contribution < 1.29 is 9.90 Å². The van der Waals surface area contributed by atoms with E-state index in [2.05, 4.69) is 4.98 Å². The van der Waals surface area contributed by atoms with Gasteiger partial charge >= 0.3 is 5.97 Å². The molecule has 3 rings (SSSR count). The zero-order valence-corrected chi connectivity index (χ0v) is 13.1. The number of carbonyl (C=O) groups is 1. The van der Waals surface area contributed by atoms with E-state index in [4.69, 9.17) is 5.11 Å². The second kappa shape index (κ2) is 6.19. The summed E-state index contributed by atoms with van der Waals surface area (Å²) in [5.41, 5.74) is -0.0510. The Kier molecular flexibility index (Phi) is 4.30. The molecule has 0 amide bonds. The Labute approximate surface area is 130 Å². The first kappa shape index (κ1) is 14.6. The Morgan fingerprint density at radius 1 is 1.52 bits per heavy atom. The predicted molar refractivity (Wildman–Crippen MR) is 84.2 cm³/mol. The number of thiophene rings is 1. The molecular weight excluding hydrogens is 308 g/mol. The summed E-state index contributed by atoms with van der Waals surface area (Å²) >= 11 is 2.53. The minimum atomic E-state index is -0.898. The van der Waals surface area contributed by atoms with Crippen LogP contribution in [0, 0.1) is 5.92 Å². The van der Waals surface area contributed by atoms with Crippen LogP contribution < -0.4 is 5.56 Å². The van der Waals surface area contributed by atoms with Crippen LogP contribution in [0.4, 0.5) is 0 Å². The summed E-state index contributed by atoms with van der Waals surface area (Å²) in [6.07, 6.45) is 4.69. The molecule has 112 valence electrons. The Bertz CT molecular complexity index is 719. The van der Waals surface area contributed by atoms with E-state index in [1.165, 1.54) is 24.2 Å². The largest absolute Gasteiger partial charge is 0.481 e. The number of thioether (sulfide) groups is 1. The fourth-order valence-corrected chi connectivity index (χ4v) is 3.86. The van der Waals surface area contributed by atoms with Crippen LogP contribution in [-0.2, 0) is 11.3 Å². The molecule has 21 heavy (non-hydrogen) atoms. The van der Waals surface area contributed by atoms with Gasteiger partial charge in [-0.3, -0.25) is 14.2 Å². The summed E-state index contributed by atoms with van der Waals surface area (Å²) in [6.45, 7) is 0.621. The quantitative estimate of drug-likeness (QED) is 0.626. The van der Waals surface area contributed by atoms with E-state index < -0.39 is 5.97 Å². The average molecular weight is 324 g/mol. The lowest BCUT2D eigenvalue weighted by Crippen LogP contribution is -2.23. The van der Waals surface area contributed by atoms with Gasteiger partial charge in [0.15, 0.2) is 5.16 Å². The highest BCUT2D eigenvalue weighted by molar-refractivity contribution is 7.99. The number of hydrogen-bond donors (Lipinski definition) is 1. The van der Waals surface area contributed by atoms with Crippen LogP contribution in [-0.4, -0.2) is 26.4 Å². The van der Waals surface area contributed by atoms with Gasteiger partial charge in [-0.05, 0) is 30.2 Å². The molecule has 2 aromatic rings. The van der Waals surface area contributed by atoms with Crippen LogP contribution in [0.5, 0.6) is 0 Å². The van der Waals surface area contributed by atoms with Gasteiger partial charge in [-0.1, -0.05) is 24.6 Å². The van der Waals surface area contributed by atoms with Gasteiger partial charge in [0.1, 0.15) is 4.83 Å². The number of rotatable bonds is 7. The van der Waals surface area contributed by atoms with Crippen molar-refractivity contribution >= 4 is 39.3 Å². The standard InChI is InChI=1S/C14H16N2O3S2/c17-11(18)8-21-14-15-12-10(5-7-20-12)13(19)16(14)6-1-2-9-3-4-9/h5,7,9H,1-4,6,8H2,(H,17,18). The number of aliphatic carboxylic acids is 1. The van der Waals surface area contributed by atoms with E-state index >= 15 is 0 Å². The first-order chi connectivity index (χ1) is 10.1. The molecule has 7 heteroatoms. The third-order valence-corrected chi connectivity index (χ3v) is 5.33. The molecule has 0 unspecified atom stereocenters. The molecule has 0 aromatic carbocycles. The van der Waals surface area contributed by atoms with Crippen LogP contribution in [0.25, 0.3) is 10.2 Å². The molecule has 1 N–H and O–H groups in total. The molecule has 0 spiro atoms. The fraction of sp³-hybridized carbons (Fsp3) is 0.500. The van der Waals surface area contributed by atoms with Crippen molar-refractivity contribution in [2.24, 2.45) is 5.92 Å². The molecule has 2 aromatic heterocycles. The maximum Gasteiger partial charge on any atom is 0.313 e. The lowest BCUT2D eigenvalue weighted by atomic mass is 10.2. The van der Waals surface area contributed by atoms with E-state index in [-0.39, 0.29) is 11.3 Å². The summed E-state index contributed by atoms with van der Waals surface area (Å²) in [5, 5.41) is 11.8. The summed E-state index contributed by atoms with van der Waals surface area (Å²) in [5.74, 6) is -0.148. The summed E-state index contributed by atoms with van der Waals surface area (Å²) < 4.78 is 1.64. The molecule has 0 radical (unpaired) electrons. The lowest BCUT2D eigenvalue weighted by Gasteiger charge is -2.11. The molecule has 1 aliphatic carbocycles. The highest BCUT2D eigenvalue weighted by Crippen LogP contribution is 2.33. The SMILES string of the molecule is O=C(O)CSc1nc2sccc2c(=O)n1CCCC1CC1. The zero-order chi connectivity index (χ0) is 14.8. The van der Waals surface area contributed by atoms with E-state index in [9.17, 15) is 9.59 Å². The van der Waals surface area contributed by atoms with Crippen molar-refractivity contribution in [3.8, 4) is 0 Å². The van der Waals surface area contributed by atoms with Crippen LogP contribution in [0.3, 0.4) is 0 Å². The molecule has 0 aliphatic heterocycles. The van der Waals surface area contributed by atoms with E-state index in [0.717, 1.165) is 30.5 Å². The van der Waals surface area contributed by atoms with Gasteiger partial charge in [0.2, 0.25) is 0 Å². The Morgan fingerprint density at radius 3 is 3.05 bits per heavy atom. The van der Waals surface area contributed by atoms with Crippen molar-refractivity contribution in [1.29, 1.82) is 0 Å². The van der Waals surface area contributed by atoms with Crippen LogP contribution in [0.1, 0.15) is 25.7 Å². The maximum absolute atomic E-state index is 12.5. The number of nitrogens with zero attached hydrogens (tertiary/aromatic N) is 2. The second-order valence-electron chi connectivity index (χ2n) is 5.26. The predicted octanol–water partition coefficient (Wildman–Crippen LogP) is 2.82. The van der Waals surface area contributed by atoms with Gasteiger partial charge in [0, 0.05) is 6.54 Å². The zero-order valence-electron chi connectivity index (χ0n) is 11.4. The van der Waals surface area contributed by atoms with Gasteiger partial charge in [-0.25, -0.2) is 4.98 Å². The molecule has 1 aliphatic rings. The highest BCUT2D eigenvalue weighted by atomic mass is 32.2. The molecular formula is C14H16N2O3S2. The van der Waals surface area contributed by atoms with Crippen LogP contribution in [0.2, 0.25) is 0 Å². The van der Waals surface area contributed by atoms with Gasteiger partial charge in [-0.15, -0.1) is 11.3 Å². The van der Waals surface area contributed by atoms with Crippen molar-refractivity contribution in [2.75, 3.05) is 5.75 Å². The maximum atomic E-state index is 12.5. The number of carboxylic acids is 1. The smallest absolute Gasteiger partial charge is 0.313 e. The van der Waals surface area contributed by atoms with Crippen molar-refractivity contribution in [1.82, 2.24) is 9.55 Å². The number of hydrogen-bond acceptors (Lipinski definition) is 5. The first-order valence-corrected chi connectivity index (χ1v) is 8.84. The second-order valence-corrected chi connectivity index (χ2v) is 7.10.